The quantitative estimate of drug-likeness (QED) is 0.622. The topological polar surface area (TPSA) is 47.3 Å². The van der Waals surface area contributed by atoms with E-state index >= 15 is 0 Å². The minimum absolute atomic E-state index is 0.0206. The van der Waals surface area contributed by atoms with E-state index in [1.165, 1.54) is 0 Å². The van der Waals surface area contributed by atoms with E-state index in [0.717, 1.165) is 11.3 Å². The molecule has 3 N–H and O–H groups in total. The Morgan fingerprint density at radius 3 is 2.65 bits per heavy atom. The highest BCUT2D eigenvalue weighted by atomic mass is 19.4. The Morgan fingerprint density at radius 1 is 1.35 bits per heavy atom. The third kappa shape index (κ3) is 4.95. The molecule has 0 amide bonds. The van der Waals surface area contributed by atoms with Crippen LogP contribution in [0.2, 0.25) is 0 Å². The number of halogens is 3. The van der Waals surface area contributed by atoms with Gasteiger partial charge in [-0.15, -0.1) is 0 Å². The molecule has 17 heavy (non-hydrogen) atoms. The first-order chi connectivity index (χ1) is 7.90. The van der Waals surface area contributed by atoms with Crippen molar-refractivity contribution in [3.05, 3.63) is 23.8 Å². The van der Waals surface area contributed by atoms with Gasteiger partial charge in [-0.25, -0.2) is 0 Å². The molecule has 6 heteroatoms. The van der Waals surface area contributed by atoms with Gasteiger partial charge in [-0.05, 0) is 18.6 Å². The van der Waals surface area contributed by atoms with Crippen LogP contribution in [0.5, 0.6) is 0 Å². The number of nitrogen functional groups attached to an aromatic ring is 1. The van der Waals surface area contributed by atoms with Crippen molar-refractivity contribution in [3.8, 4) is 0 Å². The fraction of sp³-hybridized carbons (Fsp3) is 0.455. The van der Waals surface area contributed by atoms with E-state index in [1.807, 2.05) is 19.1 Å². The molecule has 0 atom stereocenters. The van der Waals surface area contributed by atoms with Crippen LogP contribution in [0.25, 0.3) is 0 Å². The van der Waals surface area contributed by atoms with Crippen LogP contribution in [-0.4, -0.2) is 25.9 Å². The Hall–Kier alpha value is -1.43. The molecular formula is C11H15F3N2O. The third-order valence-electron chi connectivity index (χ3n) is 2.12. The zero-order valence-corrected chi connectivity index (χ0v) is 9.47. The fourth-order valence-electron chi connectivity index (χ4n) is 1.37. The molecule has 96 valence electrons. The monoisotopic (exact) mass is 248 g/mol. The molecule has 1 aromatic carbocycles. The van der Waals surface area contributed by atoms with Crippen molar-refractivity contribution < 1.29 is 17.9 Å². The summed E-state index contributed by atoms with van der Waals surface area (Å²) in [4.78, 5) is 0. The highest BCUT2D eigenvalue weighted by Gasteiger charge is 2.27. The van der Waals surface area contributed by atoms with E-state index in [1.54, 1.807) is 6.07 Å². The van der Waals surface area contributed by atoms with E-state index < -0.39 is 12.8 Å². The normalized spacial score (nSPS) is 11.5. The first-order valence-corrected chi connectivity index (χ1v) is 5.13. The van der Waals surface area contributed by atoms with Crippen molar-refractivity contribution in [2.75, 3.05) is 30.8 Å². The number of aryl methyl sites for hydroxylation is 1. The van der Waals surface area contributed by atoms with Crippen LogP contribution in [0.4, 0.5) is 24.5 Å². The van der Waals surface area contributed by atoms with Gasteiger partial charge in [-0.3, -0.25) is 0 Å². The minimum Gasteiger partial charge on any atom is -0.397 e. The smallest absolute Gasteiger partial charge is 0.397 e. The zero-order valence-electron chi connectivity index (χ0n) is 9.47. The highest BCUT2D eigenvalue weighted by Crippen LogP contribution is 2.22. The predicted octanol–water partition coefficient (Wildman–Crippen LogP) is 2.57. The van der Waals surface area contributed by atoms with Crippen molar-refractivity contribution in [2.24, 2.45) is 0 Å². The molecule has 3 nitrogen and oxygen atoms in total. The van der Waals surface area contributed by atoms with Gasteiger partial charge in [0.15, 0.2) is 0 Å². The van der Waals surface area contributed by atoms with E-state index in [2.05, 4.69) is 10.1 Å². The van der Waals surface area contributed by atoms with Gasteiger partial charge in [-0.2, -0.15) is 13.2 Å². The summed E-state index contributed by atoms with van der Waals surface area (Å²) in [6.07, 6.45) is -4.28. The van der Waals surface area contributed by atoms with Gasteiger partial charge >= 0.3 is 6.18 Å². The van der Waals surface area contributed by atoms with Gasteiger partial charge in [0.2, 0.25) is 0 Å². The highest BCUT2D eigenvalue weighted by molar-refractivity contribution is 5.69. The molecule has 1 aromatic rings. The van der Waals surface area contributed by atoms with Crippen molar-refractivity contribution in [1.29, 1.82) is 0 Å². The lowest BCUT2D eigenvalue weighted by molar-refractivity contribution is -0.172. The first kappa shape index (κ1) is 13.6. The summed E-state index contributed by atoms with van der Waals surface area (Å²) in [7, 11) is 0. The number of anilines is 2. The predicted molar refractivity (Wildman–Crippen MR) is 61.0 cm³/mol. The second kappa shape index (κ2) is 5.77. The average molecular weight is 248 g/mol. The Balaban J connectivity index is 2.32. The van der Waals surface area contributed by atoms with Gasteiger partial charge in [-0.1, -0.05) is 12.1 Å². The molecule has 0 radical (unpaired) electrons. The number of benzene rings is 1. The van der Waals surface area contributed by atoms with Gasteiger partial charge in [0.1, 0.15) is 6.61 Å². The van der Waals surface area contributed by atoms with Crippen molar-refractivity contribution in [1.82, 2.24) is 0 Å². The lowest BCUT2D eigenvalue weighted by Crippen LogP contribution is -2.20. The average Bonchev–Trinajstić information content (AvgIpc) is 2.20. The van der Waals surface area contributed by atoms with Gasteiger partial charge in [0.05, 0.1) is 18.0 Å². The maximum atomic E-state index is 11.8. The van der Waals surface area contributed by atoms with Crippen LogP contribution in [0.3, 0.4) is 0 Å². The van der Waals surface area contributed by atoms with Crippen LogP contribution in [0.1, 0.15) is 5.56 Å². The van der Waals surface area contributed by atoms with Crippen LogP contribution in [0.15, 0.2) is 18.2 Å². The number of para-hydroxylation sites is 1. The summed E-state index contributed by atoms with van der Waals surface area (Å²) < 4.78 is 39.8. The Kier molecular flexibility index (Phi) is 4.62. The van der Waals surface area contributed by atoms with Crippen molar-refractivity contribution >= 4 is 11.4 Å². The molecule has 0 aliphatic heterocycles. The molecule has 1 rings (SSSR count). The second-order valence-electron chi connectivity index (χ2n) is 3.63. The summed E-state index contributed by atoms with van der Waals surface area (Å²) in [6.45, 7) is 0.908. The molecule has 0 saturated carbocycles. The molecule has 0 aromatic heterocycles. The lowest BCUT2D eigenvalue weighted by atomic mass is 10.1. The van der Waals surface area contributed by atoms with Crippen LogP contribution in [0, 0.1) is 6.92 Å². The summed E-state index contributed by atoms with van der Waals surface area (Å²) in [5.41, 5.74) is 7.98. The zero-order chi connectivity index (χ0) is 12.9. The first-order valence-electron chi connectivity index (χ1n) is 5.13. The summed E-state index contributed by atoms with van der Waals surface area (Å²) in [6, 6.07) is 5.41. The Bertz CT molecular complexity index is 346. The number of alkyl halides is 3. The molecule has 0 bridgehead atoms. The molecule has 0 aliphatic carbocycles. The standard InChI is InChI=1S/C11H15F3N2O/c1-8-3-2-4-9(15)10(8)16-5-6-17-7-11(12,13)14/h2-4,16H,5-7,15H2,1H3. The maximum Gasteiger partial charge on any atom is 0.411 e. The Morgan fingerprint density at radius 2 is 2.06 bits per heavy atom. The van der Waals surface area contributed by atoms with E-state index in [4.69, 9.17) is 5.73 Å². The van der Waals surface area contributed by atoms with E-state index in [-0.39, 0.29) is 13.2 Å². The van der Waals surface area contributed by atoms with Gasteiger partial charge in [0, 0.05) is 6.54 Å². The molecule has 0 spiro atoms. The summed E-state index contributed by atoms with van der Waals surface area (Å²) in [5.74, 6) is 0. The van der Waals surface area contributed by atoms with Gasteiger partial charge < -0.3 is 15.8 Å². The molecule has 0 unspecified atom stereocenters. The van der Waals surface area contributed by atoms with Gasteiger partial charge in [0.25, 0.3) is 0 Å². The van der Waals surface area contributed by atoms with Crippen molar-refractivity contribution in [2.45, 2.75) is 13.1 Å². The van der Waals surface area contributed by atoms with Crippen LogP contribution >= 0.6 is 0 Å². The Labute approximate surface area is 97.8 Å². The van der Waals surface area contributed by atoms with Crippen LogP contribution < -0.4 is 11.1 Å². The number of nitrogens with one attached hydrogen (secondary N) is 1. The fourth-order valence-corrected chi connectivity index (χ4v) is 1.37. The second-order valence-corrected chi connectivity index (χ2v) is 3.63. The number of hydrogen-bond donors (Lipinski definition) is 2. The molecular weight excluding hydrogens is 233 g/mol. The SMILES string of the molecule is Cc1cccc(N)c1NCCOCC(F)(F)F. The largest absolute Gasteiger partial charge is 0.411 e. The number of ether oxygens (including phenoxy) is 1. The summed E-state index contributed by atoms with van der Waals surface area (Å²) >= 11 is 0. The lowest BCUT2D eigenvalue weighted by Gasteiger charge is -2.12. The van der Waals surface area contributed by atoms with E-state index in [9.17, 15) is 13.2 Å². The number of rotatable bonds is 5. The number of hydrogen-bond acceptors (Lipinski definition) is 3. The molecule has 0 heterocycles. The third-order valence-corrected chi connectivity index (χ3v) is 2.12. The minimum atomic E-state index is -4.28. The van der Waals surface area contributed by atoms with Crippen molar-refractivity contribution in [3.63, 3.8) is 0 Å². The molecule has 0 saturated heterocycles. The maximum absolute atomic E-state index is 11.8. The summed E-state index contributed by atoms with van der Waals surface area (Å²) in [5, 5.41) is 2.95. The van der Waals surface area contributed by atoms with Crippen LogP contribution in [-0.2, 0) is 4.74 Å². The number of nitrogens with two attached hydrogens (primary N) is 1. The van der Waals surface area contributed by atoms with E-state index in [0.29, 0.717) is 5.69 Å². The molecule has 0 fully saturated rings. The molecule has 0 aliphatic rings.